The first-order valence-corrected chi connectivity index (χ1v) is 3.68. The van der Waals surface area contributed by atoms with E-state index in [1.807, 2.05) is 0 Å². The zero-order valence-corrected chi connectivity index (χ0v) is 6.39. The van der Waals surface area contributed by atoms with E-state index in [4.69, 9.17) is 10.5 Å². The van der Waals surface area contributed by atoms with Crippen molar-refractivity contribution in [1.82, 2.24) is 0 Å². The van der Waals surface area contributed by atoms with E-state index < -0.39 is 0 Å². The third kappa shape index (κ3) is 5.80. The van der Waals surface area contributed by atoms with Gasteiger partial charge in [-0.05, 0) is 12.8 Å². The van der Waals surface area contributed by atoms with Crippen LogP contribution in [0.1, 0.15) is 33.1 Å². The summed E-state index contributed by atoms with van der Waals surface area (Å²) in [4.78, 5) is 0. The van der Waals surface area contributed by atoms with E-state index in [0.717, 1.165) is 25.9 Å². The smallest absolute Gasteiger partial charge is 0.105 e. The van der Waals surface area contributed by atoms with Gasteiger partial charge in [-0.3, -0.25) is 0 Å². The lowest BCUT2D eigenvalue weighted by Crippen LogP contribution is -2.23. The minimum atomic E-state index is -0.0325. The van der Waals surface area contributed by atoms with Crippen LogP contribution in [0.25, 0.3) is 0 Å². The minimum absolute atomic E-state index is 0.0325. The molecule has 0 saturated carbocycles. The fraction of sp³-hybridized carbons (Fsp3) is 1.00. The Labute approximate surface area is 57.4 Å². The third-order valence-corrected chi connectivity index (χ3v) is 1.11. The molecule has 0 bridgehead atoms. The van der Waals surface area contributed by atoms with Crippen molar-refractivity contribution in [2.75, 3.05) is 6.61 Å². The first-order chi connectivity index (χ1) is 4.31. The molecule has 0 aromatic heterocycles. The third-order valence-electron chi connectivity index (χ3n) is 1.11. The van der Waals surface area contributed by atoms with Gasteiger partial charge >= 0.3 is 0 Å². The molecule has 0 aliphatic carbocycles. The first-order valence-electron chi connectivity index (χ1n) is 3.68. The lowest BCUT2D eigenvalue weighted by atomic mass is 10.3. The van der Waals surface area contributed by atoms with Gasteiger partial charge in [-0.15, -0.1) is 0 Å². The van der Waals surface area contributed by atoms with E-state index in [-0.39, 0.29) is 6.23 Å². The molecule has 0 heterocycles. The molecule has 0 aromatic rings. The van der Waals surface area contributed by atoms with E-state index >= 15 is 0 Å². The highest BCUT2D eigenvalue weighted by Crippen LogP contribution is 1.94. The second kappa shape index (κ2) is 6.05. The molecule has 0 aliphatic rings. The molecule has 0 rings (SSSR count). The van der Waals surface area contributed by atoms with E-state index in [2.05, 4.69) is 13.8 Å². The molecular weight excluding hydrogens is 114 g/mol. The number of ether oxygens (including phenoxy) is 1. The lowest BCUT2D eigenvalue weighted by Gasteiger charge is -2.09. The van der Waals surface area contributed by atoms with Gasteiger partial charge < -0.3 is 10.5 Å². The summed E-state index contributed by atoms with van der Waals surface area (Å²) in [5, 5.41) is 0. The maximum atomic E-state index is 5.55. The minimum Gasteiger partial charge on any atom is -0.364 e. The van der Waals surface area contributed by atoms with Gasteiger partial charge in [0, 0.05) is 6.61 Å². The van der Waals surface area contributed by atoms with E-state index in [1.165, 1.54) is 0 Å². The van der Waals surface area contributed by atoms with Crippen LogP contribution in [-0.4, -0.2) is 12.8 Å². The van der Waals surface area contributed by atoms with Crippen molar-refractivity contribution >= 4 is 0 Å². The van der Waals surface area contributed by atoms with Crippen LogP contribution in [-0.2, 0) is 4.74 Å². The zero-order chi connectivity index (χ0) is 7.11. The van der Waals surface area contributed by atoms with Crippen molar-refractivity contribution in [3.63, 3.8) is 0 Å². The number of rotatable bonds is 5. The Morgan fingerprint density at radius 3 is 2.44 bits per heavy atom. The second-order valence-electron chi connectivity index (χ2n) is 2.20. The maximum Gasteiger partial charge on any atom is 0.105 e. The van der Waals surface area contributed by atoms with Crippen molar-refractivity contribution in [3.8, 4) is 0 Å². The molecule has 2 heteroatoms. The number of nitrogens with two attached hydrogens (primary N) is 1. The number of hydrogen-bond donors (Lipinski definition) is 1. The van der Waals surface area contributed by atoms with Crippen molar-refractivity contribution in [2.45, 2.75) is 39.3 Å². The van der Waals surface area contributed by atoms with Gasteiger partial charge in [0.15, 0.2) is 0 Å². The normalized spacial score (nSPS) is 13.7. The molecule has 0 fully saturated rings. The van der Waals surface area contributed by atoms with Gasteiger partial charge in [0.05, 0.1) is 0 Å². The van der Waals surface area contributed by atoms with Gasteiger partial charge in [-0.25, -0.2) is 0 Å². The summed E-state index contributed by atoms with van der Waals surface area (Å²) < 4.78 is 5.21. The molecule has 56 valence electrons. The van der Waals surface area contributed by atoms with Crippen LogP contribution < -0.4 is 5.73 Å². The van der Waals surface area contributed by atoms with Gasteiger partial charge in [0.2, 0.25) is 0 Å². The Morgan fingerprint density at radius 1 is 1.33 bits per heavy atom. The maximum absolute atomic E-state index is 5.55. The zero-order valence-electron chi connectivity index (χ0n) is 6.39. The van der Waals surface area contributed by atoms with E-state index in [0.29, 0.717) is 0 Å². The van der Waals surface area contributed by atoms with Crippen LogP contribution >= 0.6 is 0 Å². The molecule has 9 heavy (non-hydrogen) atoms. The van der Waals surface area contributed by atoms with Gasteiger partial charge in [0.1, 0.15) is 6.23 Å². The van der Waals surface area contributed by atoms with Crippen LogP contribution in [0, 0.1) is 0 Å². The van der Waals surface area contributed by atoms with Crippen molar-refractivity contribution in [2.24, 2.45) is 5.73 Å². The monoisotopic (exact) mass is 131 g/mol. The quantitative estimate of drug-likeness (QED) is 0.574. The van der Waals surface area contributed by atoms with E-state index in [1.54, 1.807) is 0 Å². The first kappa shape index (κ1) is 8.92. The molecule has 1 atom stereocenters. The van der Waals surface area contributed by atoms with Crippen LogP contribution in [0.15, 0.2) is 0 Å². The summed E-state index contributed by atoms with van der Waals surface area (Å²) in [6, 6.07) is 0. The molecule has 0 aromatic carbocycles. The Kier molecular flexibility index (Phi) is 5.99. The van der Waals surface area contributed by atoms with Crippen LogP contribution in [0.5, 0.6) is 0 Å². The predicted octanol–water partition coefficient (Wildman–Crippen LogP) is 1.50. The summed E-state index contributed by atoms with van der Waals surface area (Å²) in [5.74, 6) is 0. The van der Waals surface area contributed by atoms with Gasteiger partial charge in [-0.2, -0.15) is 0 Å². The Balaban J connectivity index is 2.95. The Morgan fingerprint density at radius 2 is 2.00 bits per heavy atom. The fourth-order valence-corrected chi connectivity index (χ4v) is 0.637. The lowest BCUT2D eigenvalue weighted by molar-refractivity contribution is 0.0520. The Bertz CT molecular complexity index is 56.9. The summed E-state index contributed by atoms with van der Waals surface area (Å²) >= 11 is 0. The summed E-state index contributed by atoms with van der Waals surface area (Å²) in [6.07, 6.45) is 3.09. The molecule has 0 aliphatic heterocycles. The molecule has 2 N–H and O–H groups in total. The van der Waals surface area contributed by atoms with Crippen molar-refractivity contribution in [1.29, 1.82) is 0 Å². The second-order valence-corrected chi connectivity index (χ2v) is 2.20. The average Bonchev–Trinajstić information content (AvgIpc) is 1.85. The fourth-order valence-electron chi connectivity index (χ4n) is 0.637. The van der Waals surface area contributed by atoms with Crippen molar-refractivity contribution < 1.29 is 4.74 Å². The van der Waals surface area contributed by atoms with Crippen molar-refractivity contribution in [3.05, 3.63) is 0 Å². The topological polar surface area (TPSA) is 35.2 Å². The summed E-state index contributed by atoms with van der Waals surface area (Å²) in [5.41, 5.74) is 5.55. The van der Waals surface area contributed by atoms with Crippen LogP contribution in [0.4, 0.5) is 0 Å². The predicted molar refractivity (Wildman–Crippen MR) is 39.1 cm³/mol. The number of hydrogen-bond acceptors (Lipinski definition) is 2. The molecule has 0 radical (unpaired) electrons. The average molecular weight is 131 g/mol. The summed E-state index contributed by atoms with van der Waals surface area (Å²) in [7, 11) is 0. The molecule has 1 unspecified atom stereocenters. The molecule has 0 amide bonds. The molecule has 0 spiro atoms. The van der Waals surface area contributed by atoms with Crippen LogP contribution in [0.2, 0.25) is 0 Å². The highest BCUT2D eigenvalue weighted by Gasteiger charge is 1.97. The largest absolute Gasteiger partial charge is 0.364 e. The molecular formula is C7H17NO. The highest BCUT2D eigenvalue weighted by atomic mass is 16.5. The van der Waals surface area contributed by atoms with E-state index in [9.17, 15) is 0 Å². The molecule has 2 nitrogen and oxygen atoms in total. The Hall–Kier alpha value is -0.0800. The van der Waals surface area contributed by atoms with Crippen LogP contribution in [0.3, 0.4) is 0 Å². The van der Waals surface area contributed by atoms with Gasteiger partial charge in [0.25, 0.3) is 0 Å². The highest BCUT2D eigenvalue weighted by molar-refractivity contribution is 4.44. The SMILES string of the molecule is CCCOC(N)CCC. The standard InChI is InChI=1S/C7H17NO/c1-3-5-7(8)9-6-4-2/h7H,3-6,8H2,1-2H3. The summed E-state index contributed by atoms with van der Waals surface area (Å²) in [6.45, 7) is 4.98. The molecule has 0 saturated heterocycles. The van der Waals surface area contributed by atoms with Gasteiger partial charge in [-0.1, -0.05) is 20.3 Å².